The van der Waals surface area contributed by atoms with E-state index in [0.29, 0.717) is 51.2 Å². The zero-order valence-electron chi connectivity index (χ0n) is 16.1. The molecule has 3 aromatic rings. The SMILES string of the molecule is C#CCCCn1c(Sc2c(C#N)ccc(OC)c2C(C)=O)nc2c(N)nccc21. The maximum Gasteiger partial charge on any atom is 0.174 e. The van der Waals surface area contributed by atoms with Crippen molar-refractivity contribution in [2.24, 2.45) is 0 Å². The number of benzene rings is 1. The van der Waals surface area contributed by atoms with Crippen molar-refractivity contribution in [1.82, 2.24) is 14.5 Å². The number of aromatic nitrogens is 3. The maximum absolute atomic E-state index is 12.3. The summed E-state index contributed by atoms with van der Waals surface area (Å²) in [6.07, 6.45) is 8.38. The summed E-state index contributed by atoms with van der Waals surface area (Å²) in [6, 6.07) is 7.24. The highest BCUT2D eigenvalue weighted by atomic mass is 32.2. The lowest BCUT2D eigenvalue weighted by Gasteiger charge is -2.14. The molecule has 2 N–H and O–H groups in total. The molecular weight excluding hydrogens is 386 g/mol. The number of nitrogens with zero attached hydrogens (tertiary/aromatic N) is 4. The second-order valence-electron chi connectivity index (χ2n) is 6.21. The van der Waals surface area contributed by atoms with Crippen LogP contribution in [-0.4, -0.2) is 27.4 Å². The van der Waals surface area contributed by atoms with Gasteiger partial charge < -0.3 is 15.0 Å². The van der Waals surface area contributed by atoms with Gasteiger partial charge in [0, 0.05) is 24.1 Å². The number of fused-ring (bicyclic) bond motifs is 1. The lowest BCUT2D eigenvalue weighted by molar-refractivity contribution is 0.101. The number of nitrogen functional groups attached to an aromatic ring is 1. The topological polar surface area (TPSA) is 107 Å². The van der Waals surface area contributed by atoms with Crippen LogP contribution in [-0.2, 0) is 6.54 Å². The smallest absolute Gasteiger partial charge is 0.174 e. The van der Waals surface area contributed by atoms with Crippen molar-refractivity contribution in [3.8, 4) is 24.2 Å². The second-order valence-corrected chi connectivity index (χ2v) is 7.18. The first-order valence-corrected chi connectivity index (χ1v) is 9.67. The molecule has 2 heterocycles. The number of methoxy groups -OCH3 is 1. The molecule has 7 nitrogen and oxygen atoms in total. The highest BCUT2D eigenvalue weighted by Crippen LogP contribution is 2.39. The average Bonchev–Trinajstić information content (AvgIpc) is 3.06. The van der Waals surface area contributed by atoms with Gasteiger partial charge in [0.15, 0.2) is 16.8 Å². The first kappa shape index (κ1) is 20.2. The van der Waals surface area contributed by atoms with Crippen LogP contribution < -0.4 is 10.5 Å². The van der Waals surface area contributed by atoms with Crippen molar-refractivity contribution in [2.75, 3.05) is 12.8 Å². The third-order valence-corrected chi connectivity index (χ3v) is 5.49. The minimum atomic E-state index is -0.197. The molecule has 0 bridgehead atoms. The summed E-state index contributed by atoms with van der Waals surface area (Å²) in [5, 5.41) is 10.2. The van der Waals surface area contributed by atoms with Crippen LogP contribution >= 0.6 is 11.8 Å². The van der Waals surface area contributed by atoms with Crippen molar-refractivity contribution in [3.05, 3.63) is 35.5 Å². The standard InChI is InChI=1S/C21H19N5O2S/c1-4-5-6-11-26-15-9-10-24-20(23)18(15)25-21(26)29-19-14(12-22)7-8-16(28-3)17(19)13(2)27/h1,7-10H,5-6,11H2,2-3H3,(H2,23,24). The van der Waals surface area contributed by atoms with E-state index in [1.165, 1.54) is 25.8 Å². The fourth-order valence-electron chi connectivity index (χ4n) is 3.04. The van der Waals surface area contributed by atoms with Crippen LogP contribution in [0.1, 0.15) is 35.7 Å². The molecule has 0 amide bonds. The van der Waals surface area contributed by atoms with Crippen molar-refractivity contribution in [3.63, 3.8) is 0 Å². The zero-order valence-corrected chi connectivity index (χ0v) is 16.9. The van der Waals surface area contributed by atoms with Crippen molar-refractivity contribution in [1.29, 1.82) is 5.26 Å². The number of carbonyl (C=O) groups is 1. The van der Waals surface area contributed by atoms with Crippen LogP contribution in [0, 0.1) is 23.7 Å². The molecule has 3 rings (SSSR count). The van der Waals surface area contributed by atoms with E-state index in [1.807, 2.05) is 10.6 Å². The molecule has 0 aliphatic rings. The number of terminal acetylenes is 1. The van der Waals surface area contributed by atoms with Gasteiger partial charge in [0.25, 0.3) is 0 Å². The Morgan fingerprint density at radius 2 is 2.21 bits per heavy atom. The van der Waals surface area contributed by atoms with Crippen LogP contribution in [0.25, 0.3) is 11.0 Å². The van der Waals surface area contributed by atoms with E-state index < -0.39 is 0 Å². The Balaban J connectivity index is 2.19. The molecule has 1 aromatic carbocycles. The molecule has 0 saturated carbocycles. The lowest BCUT2D eigenvalue weighted by Crippen LogP contribution is -2.04. The van der Waals surface area contributed by atoms with Crippen molar-refractivity contribution >= 4 is 34.4 Å². The molecule has 0 atom stereocenters. The number of unbranched alkanes of at least 4 members (excludes halogenated alkanes) is 1. The summed E-state index contributed by atoms with van der Waals surface area (Å²) in [6.45, 7) is 2.06. The predicted molar refractivity (Wildman–Crippen MR) is 112 cm³/mol. The maximum atomic E-state index is 12.3. The molecule has 0 fully saturated rings. The molecule has 0 radical (unpaired) electrons. The third kappa shape index (κ3) is 3.89. The fraction of sp³-hybridized carbons (Fsp3) is 0.238. The number of ketones is 1. The minimum absolute atomic E-state index is 0.197. The van der Waals surface area contributed by atoms with Crippen molar-refractivity contribution < 1.29 is 9.53 Å². The van der Waals surface area contributed by atoms with Gasteiger partial charge in [-0.1, -0.05) is 0 Å². The largest absolute Gasteiger partial charge is 0.496 e. The summed E-state index contributed by atoms with van der Waals surface area (Å²) in [5.41, 5.74) is 8.13. The van der Waals surface area contributed by atoms with E-state index in [-0.39, 0.29) is 5.78 Å². The average molecular weight is 405 g/mol. The molecular formula is C21H19N5O2S. The number of ether oxygens (including phenoxy) is 1. The first-order chi connectivity index (χ1) is 14.0. The summed E-state index contributed by atoms with van der Waals surface area (Å²) in [7, 11) is 1.49. The van der Waals surface area contributed by atoms with E-state index >= 15 is 0 Å². The quantitative estimate of drug-likeness (QED) is 0.363. The molecule has 2 aromatic heterocycles. The Bertz CT molecular complexity index is 1170. The molecule has 8 heteroatoms. The van der Waals surface area contributed by atoms with E-state index in [0.717, 1.165) is 11.9 Å². The normalized spacial score (nSPS) is 10.5. The van der Waals surface area contributed by atoms with E-state index in [2.05, 4.69) is 22.0 Å². The fourth-order valence-corrected chi connectivity index (χ4v) is 4.23. The summed E-state index contributed by atoms with van der Waals surface area (Å²) in [5.74, 6) is 3.17. The Labute approximate surface area is 172 Å². The highest BCUT2D eigenvalue weighted by molar-refractivity contribution is 7.99. The van der Waals surface area contributed by atoms with Gasteiger partial charge in [-0.15, -0.1) is 12.3 Å². The van der Waals surface area contributed by atoms with Crippen LogP contribution in [0.2, 0.25) is 0 Å². The monoisotopic (exact) mass is 405 g/mol. The Morgan fingerprint density at radius 1 is 1.41 bits per heavy atom. The first-order valence-electron chi connectivity index (χ1n) is 8.85. The number of aryl methyl sites for hydroxylation is 1. The number of anilines is 1. The van der Waals surface area contributed by atoms with Gasteiger partial charge >= 0.3 is 0 Å². The number of nitriles is 1. The number of Topliss-reactive ketones (excluding diaryl/α,β-unsaturated/α-hetero) is 1. The molecule has 0 aliphatic heterocycles. The number of nitrogens with two attached hydrogens (primary N) is 1. The van der Waals surface area contributed by atoms with Gasteiger partial charge in [0.05, 0.1) is 23.8 Å². The summed E-state index contributed by atoms with van der Waals surface area (Å²) in [4.78, 5) is 21.6. The van der Waals surface area contributed by atoms with Gasteiger partial charge in [0.2, 0.25) is 0 Å². The molecule has 0 saturated heterocycles. The predicted octanol–water partition coefficient (Wildman–Crippen LogP) is 3.66. The molecule has 0 spiro atoms. The Kier molecular flexibility index (Phi) is 6.06. The molecule has 146 valence electrons. The van der Waals surface area contributed by atoms with Gasteiger partial charge in [0.1, 0.15) is 17.3 Å². The Morgan fingerprint density at radius 3 is 2.86 bits per heavy atom. The van der Waals surface area contributed by atoms with Gasteiger partial charge in [-0.3, -0.25) is 4.79 Å². The number of rotatable bonds is 7. The second kappa shape index (κ2) is 8.68. The number of carbonyl (C=O) groups excluding carboxylic acids is 1. The lowest BCUT2D eigenvalue weighted by atomic mass is 10.1. The molecule has 0 aliphatic carbocycles. The van der Waals surface area contributed by atoms with Crippen LogP contribution in [0.3, 0.4) is 0 Å². The summed E-state index contributed by atoms with van der Waals surface area (Å²) >= 11 is 1.24. The van der Waals surface area contributed by atoms with Gasteiger partial charge in [-0.05, 0) is 43.3 Å². The van der Waals surface area contributed by atoms with Crippen molar-refractivity contribution in [2.45, 2.75) is 36.4 Å². The number of pyridine rings is 1. The van der Waals surface area contributed by atoms with Crippen LogP contribution in [0.4, 0.5) is 5.82 Å². The van der Waals surface area contributed by atoms with E-state index in [1.54, 1.807) is 18.3 Å². The van der Waals surface area contributed by atoms with Gasteiger partial charge in [-0.2, -0.15) is 5.26 Å². The number of imidazole rings is 1. The number of hydrogen-bond acceptors (Lipinski definition) is 7. The van der Waals surface area contributed by atoms with E-state index in [4.69, 9.17) is 16.9 Å². The van der Waals surface area contributed by atoms with Gasteiger partial charge in [-0.25, -0.2) is 9.97 Å². The molecule has 29 heavy (non-hydrogen) atoms. The minimum Gasteiger partial charge on any atom is -0.496 e. The van der Waals surface area contributed by atoms with Crippen LogP contribution in [0.5, 0.6) is 5.75 Å². The Hall–Kier alpha value is -3.49. The zero-order chi connectivity index (χ0) is 21.0. The number of hydrogen-bond donors (Lipinski definition) is 1. The highest BCUT2D eigenvalue weighted by Gasteiger charge is 2.22. The molecule has 0 unspecified atom stereocenters. The summed E-state index contributed by atoms with van der Waals surface area (Å²) < 4.78 is 7.34. The van der Waals surface area contributed by atoms with E-state index in [9.17, 15) is 10.1 Å². The van der Waals surface area contributed by atoms with Crippen LogP contribution in [0.15, 0.2) is 34.4 Å². The third-order valence-electron chi connectivity index (χ3n) is 4.37.